The minimum Gasteiger partial charge on any atom is -0.294 e. The van der Waals surface area contributed by atoms with Crippen molar-refractivity contribution in [3.05, 3.63) is 358 Å². The number of fused-ring (bicyclic) bond motifs is 6. The molecule has 0 spiro atoms. The lowest BCUT2D eigenvalue weighted by Gasteiger charge is -2.34. The molecule has 0 atom stereocenters. The van der Waals surface area contributed by atoms with Crippen LogP contribution in [-0.4, -0.2) is 50.2 Å². The van der Waals surface area contributed by atoms with Gasteiger partial charge < -0.3 is 0 Å². The summed E-state index contributed by atoms with van der Waals surface area (Å²) in [6.45, 7) is 0. The molecular formula is C85H59N7Si2. The van der Waals surface area contributed by atoms with Gasteiger partial charge in [0.1, 0.15) is 5.82 Å². The Bertz CT molecular complexity index is 4980. The molecule has 0 aliphatic carbocycles. The van der Waals surface area contributed by atoms with E-state index < -0.39 is 16.1 Å². The van der Waals surface area contributed by atoms with Gasteiger partial charge in [-0.3, -0.25) is 9.13 Å². The first-order chi connectivity index (χ1) is 46.6. The van der Waals surface area contributed by atoms with Crippen LogP contribution in [0.5, 0.6) is 0 Å². The number of nitrogens with zero attached hydrogens (tertiary/aromatic N) is 7. The van der Waals surface area contributed by atoms with Gasteiger partial charge in [0, 0.05) is 49.9 Å². The largest absolute Gasteiger partial charge is 0.294 e. The lowest BCUT2D eigenvalue weighted by Crippen LogP contribution is -2.74. The normalized spacial score (nSPS) is 11.8. The summed E-state index contributed by atoms with van der Waals surface area (Å²) < 4.78 is 4.48. The fraction of sp³-hybridized carbons (Fsp3) is 0. The van der Waals surface area contributed by atoms with Crippen LogP contribution in [0.2, 0.25) is 0 Å². The molecule has 94 heavy (non-hydrogen) atoms. The molecule has 0 saturated carbocycles. The molecule has 17 rings (SSSR count). The first-order valence-electron chi connectivity index (χ1n) is 31.9. The van der Waals surface area contributed by atoms with Crippen LogP contribution in [0.1, 0.15) is 0 Å². The van der Waals surface area contributed by atoms with Crippen LogP contribution in [-0.2, 0) is 0 Å². The maximum Gasteiger partial charge on any atom is 0.238 e. The Morgan fingerprint density at radius 3 is 0.926 bits per heavy atom. The molecule has 0 unspecified atom stereocenters. The fourth-order valence-corrected chi connectivity index (χ4v) is 24.2. The van der Waals surface area contributed by atoms with Gasteiger partial charge in [0.2, 0.25) is 5.95 Å². The molecule has 0 fully saturated rings. The van der Waals surface area contributed by atoms with E-state index in [0.717, 1.165) is 77.4 Å². The van der Waals surface area contributed by atoms with Crippen LogP contribution in [0.3, 0.4) is 0 Å². The maximum absolute atomic E-state index is 5.75. The van der Waals surface area contributed by atoms with Crippen molar-refractivity contribution in [3.63, 3.8) is 0 Å². The second kappa shape index (κ2) is 23.7. The van der Waals surface area contributed by atoms with Gasteiger partial charge in [0.25, 0.3) is 0 Å². The molecule has 0 bridgehead atoms. The predicted molar refractivity (Wildman–Crippen MR) is 393 cm³/mol. The third kappa shape index (κ3) is 9.35. The van der Waals surface area contributed by atoms with Crippen molar-refractivity contribution in [1.82, 2.24) is 34.1 Å². The monoisotopic (exact) mass is 1230 g/mol. The summed E-state index contributed by atoms with van der Waals surface area (Å²) in [5, 5.41) is 14.7. The second-order valence-corrected chi connectivity index (χ2v) is 31.5. The summed E-state index contributed by atoms with van der Waals surface area (Å²) in [6, 6.07) is 129. The quantitative estimate of drug-likeness (QED) is 0.0801. The van der Waals surface area contributed by atoms with Gasteiger partial charge in [-0.05, 0) is 65.8 Å². The lowest BCUT2D eigenvalue weighted by atomic mass is 10.0. The molecule has 9 heteroatoms. The Kier molecular flexibility index (Phi) is 14.1. The molecule has 17 aromatic rings. The Morgan fingerprint density at radius 1 is 0.213 bits per heavy atom. The summed E-state index contributed by atoms with van der Waals surface area (Å²) in [4.78, 5) is 28.3. The summed E-state index contributed by atoms with van der Waals surface area (Å²) in [7, 11) is -5.96. The van der Waals surface area contributed by atoms with Crippen LogP contribution < -0.4 is 41.5 Å². The molecule has 0 amide bonds. The molecule has 0 aliphatic heterocycles. The van der Waals surface area contributed by atoms with Gasteiger partial charge >= 0.3 is 0 Å². The van der Waals surface area contributed by atoms with E-state index in [4.69, 9.17) is 24.9 Å². The smallest absolute Gasteiger partial charge is 0.238 e. The molecule has 0 radical (unpaired) electrons. The van der Waals surface area contributed by atoms with E-state index in [1.807, 2.05) is 0 Å². The Morgan fingerprint density at radius 2 is 0.521 bits per heavy atom. The van der Waals surface area contributed by atoms with Crippen molar-refractivity contribution in [2.75, 3.05) is 0 Å². The summed E-state index contributed by atoms with van der Waals surface area (Å²) in [5.41, 5.74) is 8.22. The molecule has 4 aromatic heterocycles. The highest BCUT2D eigenvalue weighted by molar-refractivity contribution is 7.20. The van der Waals surface area contributed by atoms with Crippen molar-refractivity contribution in [3.8, 4) is 57.2 Å². The Hall–Kier alpha value is -12.0. The first-order valence-corrected chi connectivity index (χ1v) is 35.9. The van der Waals surface area contributed by atoms with E-state index in [2.05, 4.69) is 367 Å². The topological polar surface area (TPSA) is 74.3 Å². The van der Waals surface area contributed by atoms with Crippen LogP contribution in [0.25, 0.3) is 101 Å². The zero-order chi connectivity index (χ0) is 62.4. The number of rotatable bonds is 14. The summed E-state index contributed by atoms with van der Waals surface area (Å²) in [6.07, 6.45) is 0. The van der Waals surface area contributed by atoms with Gasteiger partial charge in [-0.1, -0.05) is 328 Å². The van der Waals surface area contributed by atoms with Gasteiger partial charge in [0.05, 0.1) is 27.8 Å². The highest BCUT2D eigenvalue weighted by atomic mass is 28.3. The molecule has 0 aliphatic rings. The lowest BCUT2D eigenvalue weighted by molar-refractivity contribution is 0.953. The van der Waals surface area contributed by atoms with Gasteiger partial charge in [-0.15, -0.1) is 0 Å². The van der Waals surface area contributed by atoms with Crippen molar-refractivity contribution in [2.24, 2.45) is 0 Å². The zero-order valence-corrected chi connectivity index (χ0v) is 53.2. The maximum atomic E-state index is 5.75. The average molecular weight is 1230 g/mol. The first kappa shape index (κ1) is 56.0. The molecule has 4 heterocycles. The van der Waals surface area contributed by atoms with Gasteiger partial charge in [-0.25, -0.2) is 15.0 Å². The van der Waals surface area contributed by atoms with Crippen LogP contribution in [0.4, 0.5) is 0 Å². The van der Waals surface area contributed by atoms with Crippen molar-refractivity contribution in [1.29, 1.82) is 0 Å². The summed E-state index contributed by atoms with van der Waals surface area (Å²) >= 11 is 0. The van der Waals surface area contributed by atoms with E-state index >= 15 is 0 Å². The highest BCUT2D eigenvalue weighted by Crippen LogP contribution is 2.38. The standard InChI is InChI=1S/C85H59N7Si2/c1-7-33-62(34-8-1)93(63-35-9-2-10-36-63,64-37-11-3-12-38-64)68-45-29-31-60(57-68)76-59-81(91-77-53-25-21-47-70(77)71-48-22-26-54-78(71)91)87-83(86-76)74-51-19-20-52-75(74)84-88-82(89-85(90-84)92-79-55-27-23-49-72(79)73-50-24-28-56-80(73)92)61-32-30-46-69(58-61)94(65-39-13-4-14-40-65,66-41-15-5-16-42-66)67-43-17-6-18-44-67/h1-59H. The SMILES string of the molecule is c1ccc([Si](c2ccccc2)(c2ccccc2)c2cccc(-c3cc(-n4c5ccccc5c5ccccc54)nc(-c4ccccc4-c4nc(-c5cccc([Si](c6ccccc6)(c6ccccc6)c6ccccc6)c5)nc(-n5c6ccccc6c6ccccc65)n4)n3)c2)cc1. The van der Waals surface area contributed by atoms with Crippen molar-refractivity contribution >= 4 is 101 Å². The van der Waals surface area contributed by atoms with Gasteiger partial charge in [-0.2, -0.15) is 9.97 Å². The third-order valence-electron chi connectivity index (χ3n) is 18.7. The Labute approximate surface area is 547 Å². The zero-order valence-electron chi connectivity index (χ0n) is 51.2. The highest BCUT2D eigenvalue weighted by Gasteiger charge is 2.43. The van der Waals surface area contributed by atoms with Crippen molar-refractivity contribution in [2.45, 2.75) is 0 Å². The summed E-state index contributed by atoms with van der Waals surface area (Å²) in [5.74, 6) is 2.78. The predicted octanol–water partition coefficient (Wildman–Crippen LogP) is 14.3. The molecule has 0 saturated heterocycles. The minimum absolute atomic E-state index is 0.485. The third-order valence-corrected chi connectivity index (χ3v) is 28.3. The van der Waals surface area contributed by atoms with Crippen LogP contribution in [0, 0.1) is 0 Å². The molecular weight excluding hydrogens is 1180 g/mol. The molecule has 0 N–H and O–H groups in total. The molecule has 442 valence electrons. The van der Waals surface area contributed by atoms with E-state index in [1.54, 1.807) is 0 Å². The Balaban J connectivity index is 0.915. The number of hydrogen-bond acceptors (Lipinski definition) is 5. The fourth-order valence-electron chi connectivity index (χ4n) is 14.6. The number of para-hydroxylation sites is 4. The van der Waals surface area contributed by atoms with E-state index in [0.29, 0.717) is 23.4 Å². The van der Waals surface area contributed by atoms with Crippen molar-refractivity contribution < 1.29 is 0 Å². The average Bonchev–Trinajstić information content (AvgIpc) is 1.06. The number of benzene rings is 13. The van der Waals surface area contributed by atoms with E-state index in [9.17, 15) is 0 Å². The van der Waals surface area contributed by atoms with Gasteiger partial charge in [0.15, 0.2) is 33.6 Å². The number of aromatic nitrogens is 7. The second-order valence-electron chi connectivity index (χ2n) is 23.9. The van der Waals surface area contributed by atoms with Crippen LogP contribution in [0.15, 0.2) is 358 Å². The van der Waals surface area contributed by atoms with E-state index in [-0.39, 0.29) is 0 Å². The number of hydrogen-bond donors (Lipinski definition) is 0. The van der Waals surface area contributed by atoms with E-state index in [1.165, 1.54) is 41.5 Å². The van der Waals surface area contributed by atoms with Crippen LogP contribution >= 0.6 is 0 Å². The molecule has 7 nitrogen and oxygen atoms in total. The minimum atomic E-state index is -2.99. The molecule has 13 aromatic carbocycles.